The predicted molar refractivity (Wildman–Crippen MR) is 112 cm³/mol. The molecule has 160 valence electrons. The SMILES string of the molecule is CN(C)C(=O)CN(C)C(=O)c1nc2cc(Cl)c3c(c2o1)C1(CCCCC1)NC(=O)N3. The van der Waals surface area contributed by atoms with Crippen LogP contribution in [0.4, 0.5) is 10.5 Å². The first-order valence-electron chi connectivity index (χ1n) is 9.90. The number of nitrogens with one attached hydrogen (secondary N) is 2. The molecule has 1 aliphatic carbocycles. The molecule has 1 aromatic heterocycles. The second-order valence-corrected chi connectivity index (χ2v) is 8.55. The van der Waals surface area contributed by atoms with Gasteiger partial charge in [0, 0.05) is 26.7 Å². The van der Waals surface area contributed by atoms with Crippen molar-refractivity contribution in [2.24, 2.45) is 0 Å². The van der Waals surface area contributed by atoms with Gasteiger partial charge < -0.3 is 24.9 Å². The van der Waals surface area contributed by atoms with Gasteiger partial charge in [-0.25, -0.2) is 9.78 Å². The Morgan fingerprint density at radius 3 is 2.60 bits per heavy atom. The summed E-state index contributed by atoms with van der Waals surface area (Å²) in [6.45, 7) is -0.0923. The Kier molecular flexibility index (Phi) is 5.09. The van der Waals surface area contributed by atoms with Crippen LogP contribution in [0.5, 0.6) is 0 Å². The highest BCUT2D eigenvalue weighted by molar-refractivity contribution is 6.35. The van der Waals surface area contributed by atoms with Crippen molar-refractivity contribution in [1.82, 2.24) is 20.1 Å². The molecule has 0 saturated heterocycles. The lowest BCUT2D eigenvalue weighted by Gasteiger charge is -2.42. The number of urea groups is 1. The van der Waals surface area contributed by atoms with Gasteiger partial charge in [-0.3, -0.25) is 9.59 Å². The highest BCUT2D eigenvalue weighted by atomic mass is 35.5. The summed E-state index contributed by atoms with van der Waals surface area (Å²) in [5, 5.41) is 6.19. The second kappa shape index (κ2) is 7.46. The third-order valence-electron chi connectivity index (χ3n) is 5.81. The smallest absolute Gasteiger partial charge is 0.319 e. The minimum atomic E-state index is -0.605. The highest BCUT2D eigenvalue weighted by Crippen LogP contribution is 2.48. The standard InChI is InChI=1S/C20H24ClN5O4/c1-25(2)13(27)10-26(3)18(28)17-22-12-9-11(21)15-14(16(12)30-17)20(24-19(29)23-15)7-5-4-6-8-20/h9H,4-8,10H2,1-3H3,(H2,23,24,29). The predicted octanol–water partition coefficient (Wildman–Crippen LogP) is 2.94. The first kappa shape index (κ1) is 20.5. The molecule has 2 aromatic rings. The number of nitrogens with zero attached hydrogens (tertiary/aromatic N) is 3. The number of hydrogen-bond donors (Lipinski definition) is 2. The van der Waals surface area contributed by atoms with Gasteiger partial charge in [-0.15, -0.1) is 0 Å². The van der Waals surface area contributed by atoms with Gasteiger partial charge >= 0.3 is 11.9 Å². The Labute approximate surface area is 178 Å². The first-order valence-corrected chi connectivity index (χ1v) is 10.3. The zero-order valence-corrected chi connectivity index (χ0v) is 17.9. The first-order chi connectivity index (χ1) is 14.2. The molecule has 0 radical (unpaired) electrons. The van der Waals surface area contributed by atoms with Crippen molar-refractivity contribution in [2.45, 2.75) is 37.6 Å². The largest absolute Gasteiger partial charge is 0.432 e. The van der Waals surface area contributed by atoms with E-state index in [2.05, 4.69) is 15.6 Å². The van der Waals surface area contributed by atoms with Gasteiger partial charge in [-0.05, 0) is 18.9 Å². The molecule has 1 spiro atoms. The summed E-state index contributed by atoms with van der Waals surface area (Å²) >= 11 is 6.47. The lowest BCUT2D eigenvalue weighted by Crippen LogP contribution is -2.52. The number of anilines is 1. The molecular weight excluding hydrogens is 410 g/mol. The topological polar surface area (TPSA) is 108 Å². The third-order valence-corrected chi connectivity index (χ3v) is 6.11. The monoisotopic (exact) mass is 433 g/mol. The van der Waals surface area contributed by atoms with Crippen LogP contribution < -0.4 is 10.6 Å². The number of benzene rings is 1. The number of amides is 4. The molecule has 1 aromatic carbocycles. The van der Waals surface area contributed by atoms with Crippen LogP contribution in [0.3, 0.4) is 0 Å². The van der Waals surface area contributed by atoms with Gasteiger partial charge in [0.1, 0.15) is 5.52 Å². The van der Waals surface area contributed by atoms with Gasteiger partial charge in [0.25, 0.3) is 5.89 Å². The van der Waals surface area contributed by atoms with E-state index < -0.39 is 11.4 Å². The van der Waals surface area contributed by atoms with Crippen LogP contribution in [-0.2, 0) is 10.3 Å². The Hall–Kier alpha value is -2.81. The molecule has 30 heavy (non-hydrogen) atoms. The van der Waals surface area contributed by atoms with E-state index in [4.69, 9.17) is 16.0 Å². The van der Waals surface area contributed by atoms with Gasteiger partial charge in [-0.1, -0.05) is 30.9 Å². The number of halogens is 1. The summed E-state index contributed by atoms with van der Waals surface area (Å²) in [5.74, 6) is -0.835. The molecule has 1 aliphatic heterocycles. The summed E-state index contributed by atoms with van der Waals surface area (Å²) in [6, 6.07) is 1.28. The van der Waals surface area contributed by atoms with E-state index in [0.29, 0.717) is 21.8 Å². The van der Waals surface area contributed by atoms with E-state index in [1.165, 1.54) is 16.8 Å². The molecule has 2 N–H and O–H groups in total. The number of carbonyl (C=O) groups excluding carboxylic acids is 3. The lowest BCUT2D eigenvalue weighted by molar-refractivity contribution is -0.129. The van der Waals surface area contributed by atoms with Crippen molar-refractivity contribution < 1.29 is 18.8 Å². The molecule has 0 unspecified atom stereocenters. The molecule has 1 saturated carbocycles. The fraction of sp³-hybridized carbons (Fsp3) is 0.500. The minimum Gasteiger partial charge on any atom is -0.432 e. The van der Waals surface area contributed by atoms with E-state index in [-0.39, 0.29) is 24.4 Å². The Bertz CT molecular complexity index is 1040. The number of hydrogen-bond acceptors (Lipinski definition) is 5. The molecule has 9 nitrogen and oxygen atoms in total. The summed E-state index contributed by atoms with van der Waals surface area (Å²) in [6.07, 6.45) is 4.52. The number of rotatable bonds is 3. The average Bonchev–Trinajstić information content (AvgIpc) is 3.11. The molecule has 1 fully saturated rings. The zero-order valence-electron chi connectivity index (χ0n) is 17.2. The number of likely N-dealkylation sites (N-methyl/N-ethyl adjacent to an activating group) is 2. The molecule has 0 atom stereocenters. The highest BCUT2D eigenvalue weighted by Gasteiger charge is 2.44. The van der Waals surface area contributed by atoms with Crippen LogP contribution in [0, 0.1) is 0 Å². The van der Waals surface area contributed by atoms with E-state index in [0.717, 1.165) is 37.7 Å². The van der Waals surface area contributed by atoms with Crippen LogP contribution in [0.25, 0.3) is 11.1 Å². The van der Waals surface area contributed by atoms with Gasteiger partial charge in [0.05, 0.1) is 22.8 Å². The number of aromatic nitrogens is 1. The van der Waals surface area contributed by atoms with Crippen molar-refractivity contribution in [3.63, 3.8) is 0 Å². The fourth-order valence-electron chi connectivity index (χ4n) is 4.24. The molecule has 10 heteroatoms. The number of oxazole rings is 1. The van der Waals surface area contributed by atoms with Crippen molar-refractivity contribution in [1.29, 1.82) is 0 Å². The van der Waals surface area contributed by atoms with E-state index >= 15 is 0 Å². The van der Waals surface area contributed by atoms with Gasteiger partial charge in [0.15, 0.2) is 5.58 Å². The summed E-state index contributed by atoms with van der Waals surface area (Å²) < 4.78 is 5.93. The summed E-state index contributed by atoms with van der Waals surface area (Å²) in [5.41, 5.74) is 1.51. The third kappa shape index (κ3) is 3.36. The maximum absolute atomic E-state index is 12.8. The van der Waals surface area contributed by atoms with Crippen LogP contribution >= 0.6 is 11.6 Å². The van der Waals surface area contributed by atoms with Crippen LogP contribution in [0.2, 0.25) is 5.02 Å². The van der Waals surface area contributed by atoms with E-state index in [9.17, 15) is 14.4 Å². The molecular formula is C20H24ClN5O4. The van der Waals surface area contributed by atoms with Crippen LogP contribution in [-0.4, -0.2) is 60.3 Å². The zero-order chi connectivity index (χ0) is 21.6. The van der Waals surface area contributed by atoms with Crippen molar-refractivity contribution >= 4 is 46.2 Å². The molecule has 4 rings (SSSR count). The maximum Gasteiger partial charge on any atom is 0.319 e. The van der Waals surface area contributed by atoms with Crippen LogP contribution in [0.1, 0.15) is 48.4 Å². The number of fused-ring (bicyclic) bond motifs is 4. The molecule has 2 heterocycles. The van der Waals surface area contributed by atoms with Crippen molar-refractivity contribution in [3.8, 4) is 0 Å². The minimum absolute atomic E-state index is 0.0923. The Morgan fingerprint density at radius 1 is 1.23 bits per heavy atom. The molecule has 0 bridgehead atoms. The summed E-state index contributed by atoms with van der Waals surface area (Å²) in [7, 11) is 4.77. The van der Waals surface area contributed by atoms with E-state index in [1.54, 1.807) is 20.2 Å². The van der Waals surface area contributed by atoms with Crippen molar-refractivity contribution in [2.75, 3.05) is 33.0 Å². The van der Waals surface area contributed by atoms with Gasteiger partial charge in [0.2, 0.25) is 5.91 Å². The molecule has 2 aliphatic rings. The quantitative estimate of drug-likeness (QED) is 0.773. The summed E-state index contributed by atoms with van der Waals surface area (Å²) in [4.78, 5) is 44.1. The second-order valence-electron chi connectivity index (χ2n) is 8.15. The van der Waals surface area contributed by atoms with Crippen molar-refractivity contribution in [3.05, 3.63) is 22.5 Å². The van der Waals surface area contributed by atoms with Crippen LogP contribution in [0.15, 0.2) is 10.5 Å². The average molecular weight is 434 g/mol. The fourth-order valence-corrected chi connectivity index (χ4v) is 4.48. The Morgan fingerprint density at radius 2 is 1.93 bits per heavy atom. The van der Waals surface area contributed by atoms with E-state index in [1.807, 2.05) is 0 Å². The normalized spacial score (nSPS) is 17.3. The molecule has 4 amide bonds. The maximum atomic E-state index is 12.8. The number of carbonyl (C=O) groups is 3. The Balaban J connectivity index is 1.79. The lowest BCUT2D eigenvalue weighted by atomic mass is 9.74. The van der Waals surface area contributed by atoms with Gasteiger partial charge in [-0.2, -0.15) is 0 Å².